The number of amides is 1. The number of carbonyl (C=O) groups is 2. The van der Waals surface area contributed by atoms with Gasteiger partial charge < -0.3 is 4.74 Å². The first kappa shape index (κ1) is 17.7. The Morgan fingerprint density at radius 1 is 1.11 bits per heavy atom. The summed E-state index contributed by atoms with van der Waals surface area (Å²) in [6.07, 6.45) is 2.12. The number of fused-ring (bicyclic) bond motifs is 1. The number of nitrogens with zero attached hydrogens (tertiary/aromatic N) is 2. The summed E-state index contributed by atoms with van der Waals surface area (Å²) >= 11 is 0. The van der Waals surface area contributed by atoms with Crippen LogP contribution in [-0.2, 0) is 4.79 Å². The molecule has 27 heavy (non-hydrogen) atoms. The summed E-state index contributed by atoms with van der Waals surface area (Å²) in [6.45, 7) is 5.91. The SMILES string of the molecule is CCOc1ccc([C@@H]2CCCN2CN2C(=O)C(=O)c3cc(C)ccc32)cc1. The van der Waals surface area contributed by atoms with Crippen molar-refractivity contribution in [1.29, 1.82) is 0 Å². The Balaban J connectivity index is 1.55. The van der Waals surface area contributed by atoms with E-state index in [2.05, 4.69) is 17.0 Å². The number of likely N-dealkylation sites (tertiary alicyclic amines) is 1. The number of ketones is 1. The van der Waals surface area contributed by atoms with E-state index in [1.807, 2.05) is 44.2 Å². The molecule has 140 valence electrons. The molecule has 2 heterocycles. The third-order valence-electron chi connectivity index (χ3n) is 5.39. The van der Waals surface area contributed by atoms with Crippen LogP contribution in [0.1, 0.15) is 47.3 Å². The Morgan fingerprint density at radius 3 is 2.63 bits per heavy atom. The molecule has 0 saturated carbocycles. The van der Waals surface area contributed by atoms with Crippen LogP contribution in [0.4, 0.5) is 5.69 Å². The van der Waals surface area contributed by atoms with Gasteiger partial charge in [-0.05, 0) is 56.5 Å². The number of hydrogen-bond acceptors (Lipinski definition) is 4. The number of aryl methyl sites for hydroxylation is 1. The van der Waals surface area contributed by atoms with Gasteiger partial charge in [0.15, 0.2) is 0 Å². The topological polar surface area (TPSA) is 49.9 Å². The normalized spacial score (nSPS) is 19.6. The fourth-order valence-electron chi connectivity index (χ4n) is 4.06. The van der Waals surface area contributed by atoms with E-state index < -0.39 is 11.7 Å². The molecule has 2 aromatic carbocycles. The number of rotatable bonds is 5. The lowest BCUT2D eigenvalue weighted by Crippen LogP contribution is -2.40. The maximum absolute atomic E-state index is 12.6. The van der Waals surface area contributed by atoms with Gasteiger partial charge in [0.2, 0.25) is 0 Å². The van der Waals surface area contributed by atoms with Gasteiger partial charge in [-0.15, -0.1) is 0 Å². The molecule has 0 N–H and O–H groups in total. The van der Waals surface area contributed by atoms with E-state index in [4.69, 9.17) is 4.74 Å². The van der Waals surface area contributed by atoms with Gasteiger partial charge in [0.25, 0.3) is 5.78 Å². The molecule has 2 aliphatic rings. The third-order valence-corrected chi connectivity index (χ3v) is 5.39. The van der Waals surface area contributed by atoms with Crippen molar-refractivity contribution in [2.75, 3.05) is 24.7 Å². The van der Waals surface area contributed by atoms with Crippen molar-refractivity contribution < 1.29 is 14.3 Å². The number of anilines is 1. The molecule has 4 rings (SSSR count). The van der Waals surface area contributed by atoms with Crippen molar-refractivity contribution in [3.63, 3.8) is 0 Å². The molecule has 0 radical (unpaired) electrons. The number of carbonyl (C=O) groups excluding carboxylic acids is 2. The molecule has 1 amide bonds. The van der Waals surface area contributed by atoms with Gasteiger partial charge in [-0.3, -0.25) is 19.4 Å². The standard InChI is InChI=1S/C22H24N2O3/c1-3-27-17-9-7-16(8-10-17)19-5-4-12-23(19)14-24-20-11-6-15(2)13-18(20)21(25)22(24)26/h6-11,13,19H,3-5,12,14H2,1-2H3/t19-/m0/s1. The lowest BCUT2D eigenvalue weighted by molar-refractivity contribution is -0.114. The van der Waals surface area contributed by atoms with E-state index in [0.717, 1.165) is 36.4 Å². The predicted molar refractivity (Wildman–Crippen MR) is 104 cm³/mol. The van der Waals surface area contributed by atoms with Crippen molar-refractivity contribution in [2.24, 2.45) is 0 Å². The lowest BCUT2D eigenvalue weighted by Gasteiger charge is -2.29. The summed E-state index contributed by atoms with van der Waals surface area (Å²) in [7, 11) is 0. The van der Waals surface area contributed by atoms with Crippen LogP contribution in [0.25, 0.3) is 0 Å². The summed E-state index contributed by atoms with van der Waals surface area (Å²) in [5.74, 6) is 0.0499. The fraction of sp³-hybridized carbons (Fsp3) is 0.364. The minimum atomic E-state index is -0.423. The number of Topliss-reactive ketones (excluding diaryl/α,β-unsaturated/α-hetero) is 1. The molecule has 1 atom stereocenters. The Kier molecular flexibility index (Phi) is 4.70. The number of hydrogen-bond donors (Lipinski definition) is 0. The van der Waals surface area contributed by atoms with Gasteiger partial charge in [-0.2, -0.15) is 0 Å². The van der Waals surface area contributed by atoms with Crippen LogP contribution in [0.2, 0.25) is 0 Å². The highest BCUT2D eigenvalue weighted by molar-refractivity contribution is 6.52. The number of benzene rings is 2. The smallest absolute Gasteiger partial charge is 0.300 e. The van der Waals surface area contributed by atoms with Gasteiger partial charge in [0, 0.05) is 12.6 Å². The predicted octanol–water partition coefficient (Wildman–Crippen LogP) is 3.72. The van der Waals surface area contributed by atoms with Crippen molar-refractivity contribution in [1.82, 2.24) is 4.90 Å². The molecule has 0 unspecified atom stereocenters. The summed E-state index contributed by atoms with van der Waals surface area (Å²) in [5.41, 5.74) is 3.47. The molecule has 0 aliphatic carbocycles. The van der Waals surface area contributed by atoms with Crippen LogP contribution < -0.4 is 9.64 Å². The Morgan fingerprint density at radius 2 is 1.89 bits per heavy atom. The first-order valence-corrected chi connectivity index (χ1v) is 9.52. The van der Waals surface area contributed by atoms with E-state index in [1.54, 1.807) is 4.90 Å². The molecule has 0 spiro atoms. The second kappa shape index (κ2) is 7.16. The summed E-state index contributed by atoms with van der Waals surface area (Å²) < 4.78 is 5.53. The van der Waals surface area contributed by atoms with E-state index >= 15 is 0 Å². The maximum Gasteiger partial charge on any atom is 0.300 e. The minimum absolute atomic E-state index is 0.248. The molecule has 0 aromatic heterocycles. The van der Waals surface area contributed by atoms with Crippen LogP contribution in [0.5, 0.6) is 5.75 Å². The van der Waals surface area contributed by atoms with Crippen molar-refractivity contribution >= 4 is 17.4 Å². The van der Waals surface area contributed by atoms with Crippen LogP contribution in [0.3, 0.4) is 0 Å². The Labute approximate surface area is 159 Å². The van der Waals surface area contributed by atoms with Crippen molar-refractivity contribution in [3.05, 3.63) is 59.2 Å². The molecule has 1 saturated heterocycles. The molecular weight excluding hydrogens is 340 g/mol. The zero-order chi connectivity index (χ0) is 19.0. The minimum Gasteiger partial charge on any atom is -0.494 e. The van der Waals surface area contributed by atoms with Crippen LogP contribution in [-0.4, -0.2) is 36.4 Å². The highest BCUT2D eigenvalue weighted by Crippen LogP contribution is 2.36. The number of ether oxygens (including phenoxy) is 1. The first-order valence-electron chi connectivity index (χ1n) is 9.52. The van der Waals surface area contributed by atoms with Crippen molar-refractivity contribution in [2.45, 2.75) is 32.7 Å². The maximum atomic E-state index is 12.6. The van der Waals surface area contributed by atoms with Gasteiger partial charge in [-0.25, -0.2) is 0 Å². The largest absolute Gasteiger partial charge is 0.494 e. The summed E-state index contributed by atoms with van der Waals surface area (Å²) in [6, 6.07) is 14.1. The second-order valence-electron chi connectivity index (χ2n) is 7.20. The Bertz CT molecular complexity index is 876. The summed E-state index contributed by atoms with van der Waals surface area (Å²) in [5, 5.41) is 0. The van der Waals surface area contributed by atoms with Gasteiger partial charge in [-0.1, -0.05) is 23.8 Å². The van der Waals surface area contributed by atoms with E-state index in [-0.39, 0.29) is 6.04 Å². The van der Waals surface area contributed by atoms with E-state index in [0.29, 0.717) is 18.8 Å². The van der Waals surface area contributed by atoms with Gasteiger partial charge in [0.1, 0.15) is 5.75 Å². The first-order chi connectivity index (χ1) is 13.1. The van der Waals surface area contributed by atoms with E-state index in [9.17, 15) is 9.59 Å². The highest BCUT2D eigenvalue weighted by atomic mass is 16.5. The molecular formula is C22H24N2O3. The summed E-state index contributed by atoms with van der Waals surface area (Å²) in [4.78, 5) is 28.8. The van der Waals surface area contributed by atoms with Gasteiger partial charge in [0.05, 0.1) is 24.5 Å². The average Bonchev–Trinajstić information content (AvgIpc) is 3.22. The zero-order valence-electron chi connectivity index (χ0n) is 15.8. The van der Waals surface area contributed by atoms with Gasteiger partial charge >= 0.3 is 5.91 Å². The third kappa shape index (κ3) is 3.23. The second-order valence-corrected chi connectivity index (χ2v) is 7.20. The Hall–Kier alpha value is -2.66. The van der Waals surface area contributed by atoms with E-state index in [1.165, 1.54) is 5.56 Å². The zero-order valence-corrected chi connectivity index (χ0v) is 15.8. The molecule has 2 aromatic rings. The molecule has 5 nitrogen and oxygen atoms in total. The average molecular weight is 364 g/mol. The lowest BCUT2D eigenvalue weighted by atomic mass is 10.0. The molecule has 2 aliphatic heterocycles. The van der Waals surface area contributed by atoms with Crippen molar-refractivity contribution in [3.8, 4) is 5.75 Å². The molecule has 0 bridgehead atoms. The molecule has 5 heteroatoms. The quantitative estimate of drug-likeness (QED) is 0.759. The fourth-order valence-corrected chi connectivity index (χ4v) is 4.06. The monoisotopic (exact) mass is 364 g/mol. The van der Waals surface area contributed by atoms with Crippen LogP contribution in [0, 0.1) is 6.92 Å². The van der Waals surface area contributed by atoms with Crippen LogP contribution in [0.15, 0.2) is 42.5 Å². The van der Waals surface area contributed by atoms with Crippen LogP contribution >= 0.6 is 0 Å². The highest BCUT2D eigenvalue weighted by Gasteiger charge is 2.38. The molecule has 1 fully saturated rings.